The number of hydrogen-bond donors (Lipinski definition) is 2. The fourth-order valence-corrected chi connectivity index (χ4v) is 2.83. The van der Waals surface area contributed by atoms with Gasteiger partial charge in [-0.15, -0.1) is 0 Å². The van der Waals surface area contributed by atoms with Crippen molar-refractivity contribution < 1.29 is 14.3 Å². The van der Waals surface area contributed by atoms with Crippen molar-refractivity contribution >= 4 is 34.8 Å². The van der Waals surface area contributed by atoms with Gasteiger partial charge in [-0.3, -0.25) is 4.79 Å². The van der Waals surface area contributed by atoms with Crippen LogP contribution in [0.5, 0.6) is 11.5 Å². The van der Waals surface area contributed by atoms with E-state index in [4.69, 9.17) is 21.1 Å². The van der Waals surface area contributed by atoms with Crippen molar-refractivity contribution in [2.45, 2.75) is 6.92 Å². The number of carbonyl (C=O) groups is 1. The van der Waals surface area contributed by atoms with Gasteiger partial charge in [0.05, 0.1) is 0 Å². The quantitative estimate of drug-likeness (QED) is 0.704. The van der Waals surface area contributed by atoms with Gasteiger partial charge >= 0.3 is 0 Å². The molecule has 2 heterocycles. The maximum atomic E-state index is 12.5. The predicted molar refractivity (Wildman–Crippen MR) is 102 cm³/mol. The monoisotopic (exact) mass is 382 g/mol. The van der Waals surface area contributed by atoms with Gasteiger partial charge in [0.25, 0.3) is 5.91 Å². The molecule has 0 spiro atoms. The van der Waals surface area contributed by atoms with Crippen molar-refractivity contribution in [2.75, 3.05) is 17.4 Å². The summed E-state index contributed by atoms with van der Waals surface area (Å²) in [5.41, 5.74) is 2.50. The van der Waals surface area contributed by atoms with E-state index in [1.54, 1.807) is 36.4 Å². The number of ether oxygens (including phenoxy) is 2. The SMILES string of the molecule is Cc1cc(Cl)ccc1NC(=O)c1ccnc(Nc2ccc3c(c2)OCO3)n1. The minimum Gasteiger partial charge on any atom is -0.454 e. The zero-order chi connectivity index (χ0) is 18.8. The smallest absolute Gasteiger partial charge is 0.274 e. The molecule has 4 rings (SSSR count). The third kappa shape index (κ3) is 3.78. The summed E-state index contributed by atoms with van der Waals surface area (Å²) in [6.45, 7) is 2.07. The highest BCUT2D eigenvalue weighted by molar-refractivity contribution is 6.30. The molecule has 0 aliphatic carbocycles. The van der Waals surface area contributed by atoms with Crippen LogP contribution in [0.4, 0.5) is 17.3 Å². The third-order valence-corrected chi connectivity index (χ3v) is 4.19. The molecule has 136 valence electrons. The summed E-state index contributed by atoms with van der Waals surface area (Å²) in [5.74, 6) is 1.30. The lowest BCUT2D eigenvalue weighted by Crippen LogP contribution is -2.15. The Hall–Kier alpha value is -3.32. The molecule has 7 nitrogen and oxygen atoms in total. The highest BCUT2D eigenvalue weighted by Crippen LogP contribution is 2.34. The van der Waals surface area contributed by atoms with Gasteiger partial charge in [0.2, 0.25) is 12.7 Å². The number of anilines is 3. The Morgan fingerprint density at radius 1 is 1.11 bits per heavy atom. The molecular weight excluding hydrogens is 368 g/mol. The third-order valence-electron chi connectivity index (χ3n) is 3.95. The van der Waals surface area contributed by atoms with E-state index in [-0.39, 0.29) is 18.4 Å². The van der Waals surface area contributed by atoms with Gasteiger partial charge in [-0.2, -0.15) is 0 Å². The second-order valence-corrected chi connectivity index (χ2v) is 6.31. The number of aromatic nitrogens is 2. The lowest BCUT2D eigenvalue weighted by Gasteiger charge is -2.10. The molecule has 1 aromatic heterocycles. The first kappa shape index (κ1) is 17.1. The Balaban J connectivity index is 1.51. The molecule has 0 bridgehead atoms. The number of carbonyl (C=O) groups excluding carboxylic acids is 1. The second kappa shape index (κ2) is 7.13. The summed E-state index contributed by atoms with van der Waals surface area (Å²) in [6.07, 6.45) is 1.52. The Morgan fingerprint density at radius 2 is 1.96 bits per heavy atom. The summed E-state index contributed by atoms with van der Waals surface area (Å²) < 4.78 is 10.6. The number of amides is 1. The fraction of sp³-hybridized carbons (Fsp3) is 0.105. The lowest BCUT2D eigenvalue weighted by atomic mass is 10.2. The van der Waals surface area contributed by atoms with Crippen LogP contribution in [-0.2, 0) is 0 Å². The summed E-state index contributed by atoms with van der Waals surface area (Å²) in [5, 5.41) is 6.50. The van der Waals surface area contributed by atoms with E-state index in [2.05, 4.69) is 20.6 Å². The molecule has 0 saturated heterocycles. The van der Waals surface area contributed by atoms with Crippen LogP contribution in [0.3, 0.4) is 0 Å². The summed E-state index contributed by atoms with van der Waals surface area (Å²) in [7, 11) is 0. The number of rotatable bonds is 4. The van der Waals surface area contributed by atoms with Gasteiger partial charge in [0, 0.05) is 28.7 Å². The molecule has 1 aliphatic heterocycles. The molecular formula is C19H15ClN4O3. The van der Waals surface area contributed by atoms with Crippen molar-refractivity contribution in [2.24, 2.45) is 0 Å². The number of halogens is 1. The minimum absolute atomic E-state index is 0.203. The van der Waals surface area contributed by atoms with Gasteiger partial charge in [0.15, 0.2) is 11.5 Å². The molecule has 0 atom stereocenters. The number of nitrogens with one attached hydrogen (secondary N) is 2. The average molecular weight is 383 g/mol. The maximum absolute atomic E-state index is 12.5. The standard InChI is InChI=1S/C19H15ClN4O3/c1-11-8-12(20)2-4-14(11)23-18(25)15-6-7-21-19(24-15)22-13-3-5-16-17(9-13)27-10-26-16/h2-9H,10H2,1H3,(H,23,25)(H,21,22,24). The molecule has 2 N–H and O–H groups in total. The Bertz CT molecular complexity index is 1030. The van der Waals surface area contributed by atoms with Crippen LogP contribution in [0.2, 0.25) is 5.02 Å². The van der Waals surface area contributed by atoms with Crippen molar-refractivity contribution in [1.82, 2.24) is 9.97 Å². The van der Waals surface area contributed by atoms with E-state index in [0.717, 1.165) is 11.3 Å². The largest absolute Gasteiger partial charge is 0.454 e. The molecule has 0 radical (unpaired) electrons. The minimum atomic E-state index is -0.337. The van der Waals surface area contributed by atoms with Crippen LogP contribution >= 0.6 is 11.6 Å². The van der Waals surface area contributed by atoms with Crippen LogP contribution in [0, 0.1) is 6.92 Å². The van der Waals surface area contributed by atoms with E-state index in [1.807, 2.05) is 13.0 Å². The Labute approximate surface area is 160 Å². The van der Waals surface area contributed by atoms with E-state index >= 15 is 0 Å². The molecule has 0 saturated carbocycles. The normalized spacial score (nSPS) is 11.9. The summed E-state index contributed by atoms with van der Waals surface area (Å²) in [6, 6.07) is 12.2. The maximum Gasteiger partial charge on any atom is 0.274 e. The Kier molecular flexibility index (Phi) is 4.52. The number of nitrogens with zero attached hydrogens (tertiary/aromatic N) is 2. The first-order valence-electron chi connectivity index (χ1n) is 8.16. The van der Waals surface area contributed by atoms with E-state index in [0.29, 0.717) is 28.2 Å². The molecule has 3 aromatic rings. The number of hydrogen-bond acceptors (Lipinski definition) is 6. The van der Waals surface area contributed by atoms with Gasteiger partial charge in [0.1, 0.15) is 5.69 Å². The van der Waals surface area contributed by atoms with Crippen LogP contribution in [0.15, 0.2) is 48.7 Å². The molecule has 1 amide bonds. The van der Waals surface area contributed by atoms with Crippen LogP contribution < -0.4 is 20.1 Å². The first-order chi connectivity index (χ1) is 13.1. The molecule has 1 aliphatic rings. The van der Waals surface area contributed by atoms with Gasteiger partial charge in [-0.25, -0.2) is 9.97 Å². The number of aryl methyl sites for hydroxylation is 1. The summed E-state index contributed by atoms with van der Waals surface area (Å²) >= 11 is 5.95. The molecule has 0 fully saturated rings. The van der Waals surface area contributed by atoms with E-state index < -0.39 is 0 Å². The van der Waals surface area contributed by atoms with E-state index in [9.17, 15) is 4.79 Å². The zero-order valence-electron chi connectivity index (χ0n) is 14.3. The lowest BCUT2D eigenvalue weighted by molar-refractivity contribution is 0.102. The van der Waals surface area contributed by atoms with Crippen molar-refractivity contribution in [3.63, 3.8) is 0 Å². The molecule has 27 heavy (non-hydrogen) atoms. The molecule has 8 heteroatoms. The van der Waals surface area contributed by atoms with Gasteiger partial charge in [-0.05, 0) is 48.9 Å². The molecule has 2 aromatic carbocycles. The van der Waals surface area contributed by atoms with Crippen LogP contribution in [-0.4, -0.2) is 22.7 Å². The topological polar surface area (TPSA) is 85.4 Å². The zero-order valence-corrected chi connectivity index (χ0v) is 15.1. The predicted octanol–water partition coefficient (Wildman–Crippen LogP) is 4.16. The number of fused-ring (bicyclic) bond motifs is 1. The second-order valence-electron chi connectivity index (χ2n) is 5.87. The van der Waals surface area contributed by atoms with Gasteiger partial charge in [-0.1, -0.05) is 11.6 Å². The first-order valence-corrected chi connectivity index (χ1v) is 8.53. The highest BCUT2D eigenvalue weighted by Gasteiger charge is 2.14. The average Bonchev–Trinajstić information content (AvgIpc) is 3.12. The van der Waals surface area contributed by atoms with Crippen molar-refractivity contribution in [3.8, 4) is 11.5 Å². The Morgan fingerprint density at radius 3 is 2.81 bits per heavy atom. The number of benzene rings is 2. The fourth-order valence-electron chi connectivity index (χ4n) is 2.60. The van der Waals surface area contributed by atoms with Crippen LogP contribution in [0.1, 0.15) is 16.1 Å². The molecule has 0 unspecified atom stereocenters. The van der Waals surface area contributed by atoms with Crippen LogP contribution in [0.25, 0.3) is 0 Å². The van der Waals surface area contributed by atoms with Crippen molar-refractivity contribution in [3.05, 3.63) is 64.9 Å². The van der Waals surface area contributed by atoms with Crippen molar-refractivity contribution in [1.29, 1.82) is 0 Å². The van der Waals surface area contributed by atoms with Gasteiger partial charge < -0.3 is 20.1 Å². The van der Waals surface area contributed by atoms with E-state index in [1.165, 1.54) is 6.20 Å². The summed E-state index contributed by atoms with van der Waals surface area (Å²) in [4.78, 5) is 20.9. The highest BCUT2D eigenvalue weighted by atomic mass is 35.5.